The highest BCUT2D eigenvalue weighted by atomic mass is 35.5. The van der Waals surface area contributed by atoms with Crippen LogP contribution < -0.4 is 0 Å². The number of halogens is 1. The lowest BCUT2D eigenvalue weighted by Gasteiger charge is -2.03. The van der Waals surface area contributed by atoms with Crippen molar-refractivity contribution in [2.45, 2.75) is 0 Å². The van der Waals surface area contributed by atoms with Crippen molar-refractivity contribution in [2.24, 2.45) is 0 Å². The molecule has 0 amide bonds. The van der Waals surface area contributed by atoms with E-state index in [1.54, 1.807) is 6.07 Å². The number of carbonyl (C=O) groups excluding carboxylic acids is 1. The summed E-state index contributed by atoms with van der Waals surface area (Å²) in [6, 6.07) is 17.9. The van der Waals surface area contributed by atoms with Crippen LogP contribution in [0.2, 0.25) is 0 Å². The molecule has 82 valence electrons. The average Bonchev–Trinajstić information content (AvgIpc) is 2.35. The van der Waals surface area contributed by atoms with E-state index in [0.717, 1.165) is 10.8 Å². The van der Waals surface area contributed by atoms with Crippen LogP contribution in [0.5, 0.6) is 0 Å². The van der Waals surface area contributed by atoms with Gasteiger partial charge < -0.3 is 0 Å². The maximum atomic E-state index is 11.1. The van der Waals surface area contributed by atoms with Crippen LogP contribution in [0.4, 0.5) is 0 Å². The standard InChI is InChI=1S/C15H9ClO/c16-15(17)13-6-5-12-7-10-3-1-2-4-11(10)8-14(12)9-13/h1-9H. The molecule has 0 N–H and O–H groups in total. The van der Waals surface area contributed by atoms with Gasteiger partial charge in [-0.1, -0.05) is 30.3 Å². The summed E-state index contributed by atoms with van der Waals surface area (Å²) in [5.41, 5.74) is 0.537. The second kappa shape index (κ2) is 3.86. The van der Waals surface area contributed by atoms with E-state index in [4.69, 9.17) is 11.6 Å². The lowest BCUT2D eigenvalue weighted by molar-refractivity contribution is 0.108. The van der Waals surface area contributed by atoms with E-state index < -0.39 is 5.24 Å². The topological polar surface area (TPSA) is 17.1 Å². The van der Waals surface area contributed by atoms with E-state index in [9.17, 15) is 4.79 Å². The largest absolute Gasteiger partial charge is 0.276 e. The minimum Gasteiger partial charge on any atom is -0.276 e. The molecule has 3 aromatic rings. The van der Waals surface area contributed by atoms with E-state index in [-0.39, 0.29) is 0 Å². The Hall–Kier alpha value is -1.86. The summed E-state index contributed by atoms with van der Waals surface area (Å²) in [7, 11) is 0. The van der Waals surface area contributed by atoms with Crippen LogP contribution in [0.1, 0.15) is 10.4 Å². The number of rotatable bonds is 1. The fourth-order valence-electron chi connectivity index (χ4n) is 2.06. The number of hydrogen-bond donors (Lipinski definition) is 0. The van der Waals surface area contributed by atoms with Gasteiger partial charge in [0.1, 0.15) is 0 Å². The Kier molecular flexibility index (Phi) is 2.34. The van der Waals surface area contributed by atoms with Gasteiger partial charge in [-0.2, -0.15) is 0 Å². The molecule has 0 radical (unpaired) electrons. The van der Waals surface area contributed by atoms with Crippen LogP contribution >= 0.6 is 11.6 Å². The van der Waals surface area contributed by atoms with Crippen LogP contribution in [0.25, 0.3) is 21.5 Å². The van der Waals surface area contributed by atoms with Crippen molar-refractivity contribution in [3.63, 3.8) is 0 Å². The monoisotopic (exact) mass is 240 g/mol. The number of fused-ring (bicyclic) bond motifs is 2. The van der Waals surface area contributed by atoms with Crippen molar-refractivity contribution in [2.75, 3.05) is 0 Å². The van der Waals surface area contributed by atoms with Gasteiger partial charge in [-0.05, 0) is 57.4 Å². The molecule has 0 fully saturated rings. The maximum Gasteiger partial charge on any atom is 0.252 e. The molecule has 0 unspecified atom stereocenters. The van der Waals surface area contributed by atoms with Crippen LogP contribution in [0.3, 0.4) is 0 Å². The average molecular weight is 241 g/mol. The Labute approximate surface area is 104 Å². The molecule has 0 atom stereocenters. The minimum atomic E-state index is -0.417. The molecule has 1 nitrogen and oxygen atoms in total. The van der Waals surface area contributed by atoms with E-state index >= 15 is 0 Å². The van der Waals surface area contributed by atoms with Gasteiger partial charge in [0.15, 0.2) is 0 Å². The van der Waals surface area contributed by atoms with E-state index in [0.29, 0.717) is 5.56 Å². The zero-order valence-corrected chi connectivity index (χ0v) is 9.74. The van der Waals surface area contributed by atoms with Crippen LogP contribution in [0, 0.1) is 0 Å². The second-order valence-corrected chi connectivity index (χ2v) is 4.38. The predicted octanol–water partition coefficient (Wildman–Crippen LogP) is 4.37. The molecule has 0 aliphatic carbocycles. The molecular weight excluding hydrogens is 232 g/mol. The van der Waals surface area contributed by atoms with Crippen molar-refractivity contribution in [1.82, 2.24) is 0 Å². The lowest BCUT2D eigenvalue weighted by Crippen LogP contribution is -1.87. The Morgan fingerprint density at radius 1 is 0.765 bits per heavy atom. The molecule has 0 saturated heterocycles. The molecule has 3 rings (SSSR count). The highest BCUT2D eigenvalue weighted by Crippen LogP contribution is 2.24. The Balaban J connectivity index is 2.36. The van der Waals surface area contributed by atoms with Gasteiger partial charge in [-0.25, -0.2) is 0 Å². The first-order chi connectivity index (χ1) is 8.24. The summed E-state index contributed by atoms with van der Waals surface area (Å²) in [5.74, 6) is 0. The fourth-order valence-corrected chi connectivity index (χ4v) is 2.18. The molecule has 0 heterocycles. The third-order valence-corrected chi connectivity index (χ3v) is 3.15. The normalized spacial score (nSPS) is 10.9. The Morgan fingerprint density at radius 3 is 2.00 bits per heavy atom. The van der Waals surface area contributed by atoms with Gasteiger partial charge in [-0.3, -0.25) is 4.79 Å². The van der Waals surface area contributed by atoms with Crippen LogP contribution in [0.15, 0.2) is 54.6 Å². The van der Waals surface area contributed by atoms with E-state index in [2.05, 4.69) is 24.3 Å². The fraction of sp³-hybridized carbons (Fsp3) is 0. The SMILES string of the molecule is O=C(Cl)c1ccc2cc3ccccc3cc2c1. The van der Waals surface area contributed by atoms with E-state index in [1.807, 2.05) is 24.3 Å². The lowest BCUT2D eigenvalue weighted by atomic mass is 10.0. The van der Waals surface area contributed by atoms with Gasteiger partial charge in [-0.15, -0.1) is 0 Å². The summed E-state index contributed by atoms with van der Waals surface area (Å²) in [6.45, 7) is 0. The summed E-state index contributed by atoms with van der Waals surface area (Å²) in [6.07, 6.45) is 0. The molecule has 2 heteroatoms. The summed E-state index contributed by atoms with van der Waals surface area (Å²) in [4.78, 5) is 11.1. The predicted molar refractivity (Wildman–Crippen MR) is 71.6 cm³/mol. The smallest absolute Gasteiger partial charge is 0.252 e. The van der Waals surface area contributed by atoms with Crippen molar-refractivity contribution in [1.29, 1.82) is 0 Å². The molecule has 0 aliphatic heterocycles. The van der Waals surface area contributed by atoms with Crippen molar-refractivity contribution >= 4 is 38.4 Å². The third kappa shape index (κ3) is 1.79. The molecule has 0 aliphatic rings. The zero-order chi connectivity index (χ0) is 11.8. The molecule has 17 heavy (non-hydrogen) atoms. The zero-order valence-electron chi connectivity index (χ0n) is 8.98. The second-order valence-electron chi connectivity index (χ2n) is 4.03. The maximum absolute atomic E-state index is 11.1. The first-order valence-corrected chi connectivity index (χ1v) is 5.74. The first-order valence-electron chi connectivity index (χ1n) is 5.36. The summed E-state index contributed by atoms with van der Waals surface area (Å²) >= 11 is 5.48. The molecule has 0 aromatic heterocycles. The van der Waals surface area contributed by atoms with Gasteiger partial charge in [0.25, 0.3) is 5.24 Å². The minimum absolute atomic E-state index is 0.417. The number of benzene rings is 3. The molecule has 0 spiro atoms. The Morgan fingerprint density at radius 2 is 1.35 bits per heavy atom. The first kappa shape index (κ1) is 10.3. The van der Waals surface area contributed by atoms with Gasteiger partial charge in [0, 0.05) is 5.56 Å². The van der Waals surface area contributed by atoms with Gasteiger partial charge in [0.2, 0.25) is 0 Å². The highest BCUT2D eigenvalue weighted by molar-refractivity contribution is 6.67. The molecular formula is C15H9ClO. The molecule has 0 saturated carbocycles. The summed E-state index contributed by atoms with van der Waals surface area (Å²) in [5, 5.41) is 4.10. The highest BCUT2D eigenvalue weighted by Gasteiger charge is 2.03. The molecule has 3 aromatic carbocycles. The van der Waals surface area contributed by atoms with Crippen LogP contribution in [-0.4, -0.2) is 5.24 Å². The number of carbonyl (C=O) groups is 1. The van der Waals surface area contributed by atoms with Gasteiger partial charge in [0.05, 0.1) is 0 Å². The van der Waals surface area contributed by atoms with Crippen molar-refractivity contribution in [3.05, 3.63) is 60.2 Å². The third-order valence-electron chi connectivity index (χ3n) is 2.93. The van der Waals surface area contributed by atoms with Crippen molar-refractivity contribution < 1.29 is 4.79 Å². The van der Waals surface area contributed by atoms with Gasteiger partial charge >= 0.3 is 0 Å². The molecule has 0 bridgehead atoms. The van der Waals surface area contributed by atoms with Crippen molar-refractivity contribution in [3.8, 4) is 0 Å². The number of hydrogen-bond acceptors (Lipinski definition) is 1. The Bertz CT molecular complexity index is 731. The van der Waals surface area contributed by atoms with Crippen LogP contribution in [-0.2, 0) is 0 Å². The quantitative estimate of drug-likeness (QED) is 0.456. The van der Waals surface area contributed by atoms with E-state index in [1.165, 1.54) is 10.8 Å². The summed E-state index contributed by atoms with van der Waals surface area (Å²) < 4.78 is 0.